The first kappa shape index (κ1) is 11.4. The van der Waals surface area contributed by atoms with E-state index in [2.05, 4.69) is 46.1 Å². The summed E-state index contributed by atoms with van der Waals surface area (Å²) in [5.41, 5.74) is 2.31. The third-order valence-corrected chi connectivity index (χ3v) is 3.99. The molecule has 84 valence electrons. The summed E-state index contributed by atoms with van der Waals surface area (Å²) >= 11 is 3.18. The maximum atomic E-state index is 4.10. The molecule has 0 aliphatic rings. The molecule has 2 aromatic rings. The number of hydrogen-bond donors (Lipinski definition) is 1. The molecule has 1 N–H and O–H groups in total. The zero-order chi connectivity index (χ0) is 11.4. The van der Waals surface area contributed by atoms with Crippen LogP contribution in [-0.2, 0) is 5.75 Å². The van der Waals surface area contributed by atoms with Crippen LogP contribution in [0.1, 0.15) is 11.3 Å². The first-order valence-electron chi connectivity index (χ1n) is 4.98. The van der Waals surface area contributed by atoms with Gasteiger partial charge in [-0.15, -0.1) is 16.9 Å². The van der Waals surface area contributed by atoms with Gasteiger partial charge in [-0.25, -0.2) is 0 Å². The van der Waals surface area contributed by atoms with Crippen LogP contribution in [0, 0.1) is 6.92 Å². The lowest BCUT2D eigenvalue weighted by atomic mass is 10.2. The van der Waals surface area contributed by atoms with Gasteiger partial charge in [0.05, 0.1) is 0 Å². The fourth-order valence-corrected chi connectivity index (χ4v) is 2.74. The van der Waals surface area contributed by atoms with E-state index in [1.54, 1.807) is 11.8 Å². The van der Waals surface area contributed by atoms with Crippen molar-refractivity contribution in [2.24, 2.45) is 0 Å². The Morgan fingerprint density at radius 3 is 2.75 bits per heavy atom. The molecule has 0 saturated carbocycles. The lowest BCUT2D eigenvalue weighted by Crippen LogP contribution is -1.90. The Bertz CT molecular complexity index is 451. The van der Waals surface area contributed by atoms with Crippen LogP contribution in [0.25, 0.3) is 0 Å². The van der Waals surface area contributed by atoms with Gasteiger partial charge in [-0.05, 0) is 19.1 Å². The molecule has 1 aromatic heterocycles. The highest BCUT2D eigenvalue weighted by Crippen LogP contribution is 2.26. The van der Waals surface area contributed by atoms with Gasteiger partial charge in [0, 0.05) is 29.2 Å². The van der Waals surface area contributed by atoms with Crippen molar-refractivity contribution >= 4 is 28.3 Å². The molecule has 0 spiro atoms. The van der Waals surface area contributed by atoms with E-state index in [0.717, 1.165) is 16.4 Å². The highest BCUT2D eigenvalue weighted by molar-refractivity contribution is 7.98. The van der Waals surface area contributed by atoms with Crippen molar-refractivity contribution in [3.8, 4) is 0 Å². The maximum Gasteiger partial charge on any atom is 0.133 e. The van der Waals surface area contributed by atoms with Gasteiger partial charge >= 0.3 is 0 Å². The van der Waals surface area contributed by atoms with Gasteiger partial charge in [-0.2, -0.15) is 0 Å². The van der Waals surface area contributed by atoms with Crippen molar-refractivity contribution in [3.63, 3.8) is 0 Å². The summed E-state index contributed by atoms with van der Waals surface area (Å²) in [6.45, 7) is 2.10. The number of thioether (sulfide) groups is 1. The first-order valence-corrected chi connectivity index (χ1v) is 6.74. The fraction of sp³-hybridized carbons (Fsp3) is 0.273. The SMILES string of the molecule is CNc1snnc1CSc1ccc(C)cc1. The van der Waals surface area contributed by atoms with Gasteiger partial charge in [0.1, 0.15) is 10.7 Å². The Morgan fingerprint density at radius 1 is 1.31 bits per heavy atom. The molecule has 0 atom stereocenters. The van der Waals surface area contributed by atoms with E-state index in [1.165, 1.54) is 22.0 Å². The summed E-state index contributed by atoms with van der Waals surface area (Å²) in [7, 11) is 1.90. The molecule has 3 nitrogen and oxygen atoms in total. The molecule has 0 aliphatic heterocycles. The molecule has 0 unspecified atom stereocenters. The number of nitrogens with zero attached hydrogens (tertiary/aromatic N) is 2. The third kappa shape index (κ3) is 2.74. The lowest BCUT2D eigenvalue weighted by molar-refractivity contribution is 1.07. The van der Waals surface area contributed by atoms with Crippen LogP contribution in [0.5, 0.6) is 0 Å². The van der Waals surface area contributed by atoms with E-state index < -0.39 is 0 Å². The monoisotopic (exact) mass is 251 g/mol. The number of rotatable bonds is 4. The number of aromatic nitrogens is 2. The molecular weight excluding hydrogens is 238 g/mol. The maximum absolute atomic E-state index is 4.10. The largest absolute Gasteiger partial charge is 0.377 e. The van der Waals surface area contributed by atoms with Gasteiger partial charge in [0.25, 0.3) is 0 Å². The minimum Gasteiger partial charge on any atom is -0.377 e. The molecule has 0 amide bonds. The van der Waals surface area contributed by atoms with Crippen LogP contribution >= 0.6 is 23.3 Å². The number of benzene rings is 1. The number of hydrogen-bond acceptors (Lipinski definition) is 5. The normalized spacial score (nSPS) is 10.4. The van der Waals surface area contributed by atoms with E-state index in [9.17, 15) is 0 Å². The summed E-state index contributed by atoms with van der Waals surface area (Å²) in [6, 6.07) is 8.53. The molecule has 0 fully saturated rings. The number of nitrogens with one attached hydrogen (secondary N) is 1. The lowest BCUT2D eigenvalue weighted by Gasteiger charge is -2.01. The Balaban J connectivity index is 1.99. The number of aryl methyl sites for hydroxylation is 1. The second kappa shape index (κ2) is 5.32. The zero-order valence-corrected chi connectivity index (χ0v) is 10.9. The molecule has 0 aliphatic carbocycles. The van der Waals surface area contributed by atoms with Crippen molar-refractivity contribution in [2.45, 2.75) is 17.6 Å². The molecule has 0 saturated heterocycles. The molecular formula is C11H13N3S2. The summed E-state index contributed by atoms with van der Waals surface area (Å²) < 4.78 is 3.94. The highest BCUT2D eigenvalue weighted by Gasteiger charge is 2.06. The quantitative estimate of drug-likeness (QED) is 0.847. The molecule has 0 bridgehead atoms. The average Bonchev–Trinajstić information content (AvgIpc) is 2.76. The van der Waals surface area contributed by atoms with Crippen LogP contribution in [0.15, 0.2) is 29.2 Å². The minimum atomic E-state index is 0.857. The smallest absolute Gasteiger partial charge is 0.133 e. The molecule has 2 rings (SSSR count). The standard InChI is InChI=1S/C11H13N3S2/c1-8-3-5-9(6-4-8)15-7-10-11(12-2)16-14-13-10/h3-6,12H,7H2,1-2H3. The summed E-state index contributed by atoms with van der Waals surface area (Å²) in [5, 5.41) is 8.26. The highest BCUT2D eigenvalue weighted by atomic mass is 32.2. The Morgan fingerprint density at radius 2 is 2.06 bits per heavy atom. The Labute approximate surface area is 103 Å². The predicted octanol–water partition coefficient (Wildman–Crippen LogP) is 3.18. The van der Waals surface area contributed by atoms with Gasteiger partial charge < -0.3 is 5.32 Å². The van der Waals surface area contributed by atoms with E-state index in [-0.39, 0.29) is 0 Å². The van der Waals surface area contributed by atoms with E-state index in [4.69, 9.17) is 0 Å². The van der Waals surface area contributed by atoms with E-state index in [0.29, 0.717) is 0 Å². The van der Waals surface area contributed by atoms with Gasteiger partial charge in [-0.3, -0.25) is 0 Å². The molecule has 1 heterocycles. The van der Waals surface area contributed by atoms with Crippen LogP contribution < -0.4 is 5.32 Å². The van der Waals surface area contributed by atoms with E-state index >= 15 is 0 Å². The fourth-order valence-electron chi connectivity index (χ4n) is 1.28. The van der Waals surface area contributed by atoms with Crippen LogP contribution in [0.4, 0.5) is 5.00 Å². The van der Waals surface area contributed by atoms with Crippen molar-refractivity contribution in [3.05, 3.63) is 35.5 Å². The predicted molar refractivity (Wildman–Crippen MR) is 70.2 cm³/mol. The molecule has 16 heavy (non-hydrogen) atoms. The number of anilines is 1. The van der Waals surface area contributed by atoms with Crippen LogP contribution in [0.2, 0.25) is 0 Å². The summed E-state index contributed by atoms with van der Waals surface area (Å²) in [6.07, 6.45) is 0. The van der Waals surface area contributed by atoms with Gasteiger partial charge in [-0.1, -0.05) is 22.2 Å². The minimum absolute atomic E-state index is 0.857. The first-order chi connectivity index (χ1) is 7.79. The second-order valence-electron chi connectivity index (χ2n) is 3.40. The average molecular weight is 251 g/mol. The van der Waals surface area contributed by atoms with Crippen molar-refractivity contribution < 1.29 is 0 Å². The third-order valence-electron chi connectivity index (χ3n) is 2.18. The van der Waals surface area contributed by atoms with Crippen molar-refractivity contribution in [1.82, 2.24) is 9.59 Å². The van der Waals surface area contributed by atoms with E-state index in [1.807, 2.05) is 7.05 Å². The zero-order valence-electron chi connectivity index (χ0n) is 9.23. The van der Waals surface area contributed by atoms with Crippen LogP contribution in [-0.4, -0.2) is 16.6 Å². The molecule has 5 heteroatoms. The Kier molecular flexibility index (Phi) is 3.79. The van der Waals surface area contributed by atoms with Crippen molar-refractivity contribution in [1.29, 1.82) is 0 Å². The topological polar surface area (TPSA) is 37.8 Å². The molecule has 0 radical (unpaired) electrons. The summed E-state index contributed by atoms with van der Waals surface area (Å²) in [4.78, 5) is 1.26. The second-order valence-corrected chi connectivity index (χ2v) is 5.20. The van der Waals surface area contributed by atoms with Crippen LogP contribution in [0.3, 0.4) is 0 Å². The Hall–Kier alpha value is -1.07. The molecule has 1 aromatic carbocycles. The summed E-state index contributed by atoms with van der Waals surface area (Å²) in [5.74, 6) is 0.857. The van der Waals surface area contributed by atoms with Crippen molar-refractivity contribution in [2.75, 3.05) is 12.4 Å². The van der Waals surface area contributed by atoms with Gasteiger partial charge in [0.2, 0.25) is 0 Å². The van der Waals surface area contributed by atoms with Gasteiger partial charge in [0.15, 0.2) is 0 Å².